The summed E-state index contributed by atoms with van der Waals surface area (Å²) in [5, 5.41) is 11.7. The lowest BCUT2D eigenvalue weighted by molar-refractivity contribution is -0.131. The van der Waals surface area contributed by atoms with Crippen LogP contribution in [0.2, 0.25) is 0 Å². The van der Waals surface area contributed by atoms with Crippen LogP contribution in [0.15, 0.2) is 0 Å². The molecule has 1 aliphatic heterocycles. The fourth-order valence-electron chi connectivity index (χ4n) is 1.54. The normalized spacial score (nSPS) is 22.4. The molecule has 1 aliphatic rings. The molecule has 4 nitrogen and oxygen atoms in total. The van der Waals surface area contributed by atoms with Gasteiger partial charge in [0.05, 0.1) is 0 Å². The van der Waals surface area contributed by atoms with Crippen molar-refractivity contribution in [3.05, 3.63) is 0 Å². The Hall–Kier alpha value is -0.610. The summed E-state index contributed by atoms with van der Waals surface area (Å²) in [6.07, 6.45) is 2.04. The van der Waals surface area contributed by atoms with Gasteiger partial charge in [0.25, 0.3) is 0 Å². The van der Waals surface area contributed by atoms with E-state index in [1.54, 1.807) is 0 Å². The van der Waals surface area contributed by atoms with Crippen molar-refractivity contribution in [2.45, 2.75) is 44.8 Å². The molecule has 4 heteroatoms. The van der Waals surface area contributed by atoms with Crippen LogP contribution in [0, 0.1) is 0 Å². The van der Waals surface area contributed by atoms with E-state index in [0.717, 1.165) is 12.8 Å². The van der Waals surface area contributed by atoms with E-state index in [1.807, 2.05) is 13.8 Å². The highest BCUT2D eigenvalue weighted by Gasteiger charge is 2.28. The fourth-order valence-corrected chi connectivity index (χ4v) is 1.54. The third-order valence-electron chi connectivity index (χ3n) is 2.42. The molecule has 0 saturated carbocycles. The zero-order valence-corrected chi connectivity index (χ0v) is 8.88. The highest BCUT2D eigenvalue weighted by Crippen LogP contribution is 2.14. The van der Waals surface area contributed by atoms with Gasteiger partial charge >= 0.3 is 0 Å². The van der Waals surface area contributed by atoms with Gasteiger partial charge in [0.1, 0.15) is 6.10 Å². The summed E-state index contributed by atoms with van der Waals surface area (Å²) in [4.78, 5) is 11.6. The van der Waals surface area contributed by atoms with Crippen LogP contribution in [0.25, 0.3) is 0 Å². The van der Waals surface area contributed by atoms with Crippen molar-refractivity contribution in [3.63, 3.8) is 0 Å². The molecule has 82 valence electrons. The van der Waals surface area contributed by atoms with Crippen molar-refractivity contribution < 1.29 is 14.6 Å². The van der Waals surface area contributed by atoms with Crippen LogP contribution in [0.5, 0.6) is 0 Å². The van der Waals surface area contributed by atoms with E-state index >= 15 is 0 Å². The third-order valence-corrected chi connectivity index (χ3v) is 2.42. The van der Waals surface area contributed by atoms with Crippen LogP contribution in [0.1, 0.15) is 33.1 Å². The number of hydrogen-bond donors (Lipinski definition) is 2. The number of amides is 1. The standard InChI is InChI=1S/C10H19NO3/c1-10(2,5-6-12)11-9(13)8-4-3-7-14-8/h8,12H,3-7H2,1-2H3,(H,11,13)/t8-/m1/s1. The van der Waals surface area contributed by atoms with Gasteiger partial charge in [0.2, 0.25) is 5.91 Å². The third kappa shape index (κ3) is 3.27. The van der Waals surface area contributed by atoms with Crippen molar-refractivity contribution in [1.82, 2.24) is 5.32 Å². The van der Waals surface area contributed by atoms with Gasteiger partial charge in [0, 0.05) is 18.8 Å². The van der Waals surface area contributed by atoms with Crippen molar-refractivity contribution in [2.75, 3.05) is 13.2 Å². The Bertz CT molecular complexity index is 198. The maximum absolute atomic E-state index is 11.6. The van der Waals surface area contributed by atoms with Crippen LogP contribution in [0.4, 0.5) is 0 Å². The first-order valence-electron chi connectivity index (χ1n) is 5.10. The lowest BCUT2D eigenvalue weighted by Crippen LogP contribution is -2.48. The zero-order chi connectivity index (χ0) is 10.6. The Kier molecular flexibility index (Phi) is 3.89. The molecule has 0 spiro atoms. The number of aliphatic hydroxyl groups excluding tert-OH is 1. The van der Waals surface area contributed by atoms with Gasteiger partial charge in [-0.1, -0.05) is 0 Å². The molecule has 1 atom stereocenters. The molecule has 0 aromatic rings. The predicted octanol–water partition coefficient (Wildman–Crippen LogP) is 0.443. The van der Waals surface area contributed by atoms with Crippen LogP contribution >= 0.6 is 0 Å². The summed E-state index contributed by atoms with van der Waals surface area (Å²) in [7, 11) is 0. The van der Waals surface area contributed by atoms with Gasteiger partial charge in [-0.25, -0.2) is 0 Å². The number of ether oxygens (including phenoxy) is 1. The van der Waals surface area contributed by atoms with Crippen molar-refractivity contribution in [1.29, 1.82) is 0 Å². The van der Waals surface area contributed by atoms with E-state index in [0.29, 0.717) is 13.0 Å². The Morgan fingerprint density at radius 3 is 2.86 bits per heavy atom. The second-order valence-corrected chi connectivity index (χ2v) is 4.35. The predicted molar refractivity (Wildman–Crippen MR) is 52.9 cm³/mol. The average Bonchev–Trinajstić information content (AvgIpc) is 2.53. The smallest absolute Gasteiger partial charge is 0.249 e. The lowest BCUT2D eigenvalue weighted by atomic mass is 10.0. The average molecular weight is 201 g/mol. The zero-order valence-electron chi connectivity index (χ0n) is 8.88. The first-order valence-corrected chi connectivity index (χ1v) is 5.10. The number of rotatable bonds is 4. The van der Waals surface area contributed by atoms with Gasteiger partial charge in [-0.2, -0.15) is 0 Å². The summed E-state index contributed by atoms with van der Waals surface area (Å²) in [5.74, 6) is -0.0547. The summed E-state index contributed by atoms with van der Waals surface area (Å²) >= 11 is 0. The monoisotopic (exact) mass is 201 g/mol. The first kappa shape index (κ1) is 11.5. The van der Waals surface area contributed by atoms with Crippen molar-refractivity contribution in [2.24, 2.45) is 0 Å². The number of aliphatic hydroxyl groups is 1. The van der Waals surface area contributed by atoms with Crippen LogP contribution in [-0.2, 0) is 9.53 Å². The molecule has 1 heterocycles. The Morgan fingerprint density at radius 1 is 1.64 bits per heavy atom. The molecular formula is C10H19NO3. The molecule has 0 aliphatic carbocycles. The summed E-state index contributed by atoms with van der Waals surface area (Å²) in [6.45, 7) is 4.56. The number of nitrogens with one attached hydrogen (secondary N) is 1. The minimum Gasteiger partial charge on any atom is -0.396 e. The lowest BCUT2D eigenvalue weighted by Gasteiger charge is -2.26. The minimum absolute atomic E-state index is 0.0547. The molecule has 0 aromatic heterocycles. The molecule has 0 unspecified atom stereocenters. The highest BCUT2D eigenvalue weighted by atomic mass is 16.5. The molecular weight excluding hydrogens is 182 g/mol. The van der Waals surface area contributed by atoms with Gasteiger partial charge in [-0.15, -0.1) is 0 Å². The molecule has 1 amide bonds. The fraction of sp³-hybridized carbons (Fsp3) is 0.900. The summed E-state index contributed by atoms with van der Waals surface area (Å²) in [6, 6.07) is 0. The molecule has 1 rings (SSSR count). The van der Waals surface area contributed by atoms with E-state index in [1.165, 1.54) is 0 Å². The maximum atomic E-state index is 11.6. The minimum atomic E-state index is -0.349. The molecule has 1 fully saturated rings. The van der Waals surface area contributed by atoms with Crippen molar-refractivity contribution >= 4 is 5.91 Å². The largest absolute Gasteiger partial charge is 0.396 e. The Morgan fingerprint density at radius 2 is 2.36 bits per heavy atom. The van der Waals surface area contributed by atoms with E-state index in [4.69, 9.17) is 9.84 Å². The Balaban J connectivity index is 2.38. The second kappa shape index (κ2) is 4.75. The maximum Gasteiger partial charge on any atom is 0.249 e. The van der Waals surface area contributed by atoms with Gasteiger partial charge in [-0.3, -0.25) is 4.79 Å². The number of carbonyl (C=O) groups is 1. The molecule has 0 radical (unpaired) electrons. The topological polar surface area (TPSA) is 58.6 Å². The van der Waals surface area contributed by atoms with Crippen LogP contribution in [0.3, 0.4) is 0 Å². The SMILES string of the molecule is CC(C)(CCO)NC(=O)[C@H]1CCCO1. The van der Waals surface area contributed by atoms with E-state index in [2.05, 4.69) is 5.32 Å². The second-order valence-electron chi connectivity index (χ2n) is 4.35. The van der Waals surface area contributed by atoms with Crippen molar-refractivity contribution in [3.8, 4) is 0 Å². The summed E-state index contributed by atoms with van der Waals surface area (Å²) < 4.78 is 5.26. The molecule has 2 N–H and O–H groups in total. The van der Waals surface area contributed by atoms with Crippen LogP contribution in [-0.4, -0.2) is 35.9 Å². The number of hydrogen-bond acceptors (Lipinski definition) is 3. The molecule has 0 aromatic carbocycles. The first-order chi connectivity index (χ1) is 6.55. The Labute approximate surface area is 84.6 Å². The highest BCUT2D eigenvalue weighted by molar-refractivity contribution is 5.81. The van der Waals surface area contributed by atoms with Gasteiger partial charge in [-0.05, 0) is 33.1 Å². The molecule has 0 bridgehead atoms. The van der Waals surface area contributed by atoms with Gasteiger partial charge in [0.15, 0.2) is 0 Å². The van der Waals surface area contributed by atoms with E-state index < -0.39 is 0 Å². The molecule has 1 saturated heterocycles. The van der Waals surface area contributed by atoms with E-state index in [-0.39, 0.29) is 24.2 Å². The quantitative estimate of drug-likeness (QED) is 0.694. The molecule has 14 heavy (non-hydrogen) atoms. The summed E-state index contributed by atoms with van der Waals surface area (Å²) in [5.41, 5.74) is -0.349. The van der Waals surface area contributed by atoms with E-state index in [9.17, 15) is 4.79 Å². The van der Waals surface area contributed by atoms with Crippen LogP contribution < -0.4 is 5.32 Å². The van der Waals surface area contributed by atoms with Gasteiger partial charge < -0.3 is 15.2 Å². The number of carbonyl (C=O) groups excluding carboxylic acids is 1.